The van der Waals surface area contributed by atoms with Gasteiger partial charge >= 0.3 is 0 Å². The summed E-state index contributed by atoms with van der Waals surface area (Å²) in [4.78, 5) is 0. The predicted octanol–water partition coefficient (Wildman–Crippen LogP) is 7.62. The van der Waals surface area contributed by atoms with Crippen LogP contribution in [0.5, 0.6) is 0 Å². The molecule has 3 heteroatoms. The third-order valence-corrected chi connectivity index (χ3v) is 6.80. The average molecular weight is 384 g/mol. The first-order chi connectivity index (χ1) is 13.6. The minimum atomic E-state index is -0.723. The van der Waals surface area contributed by atoms with Crippen molar-refractivity contribution in [2.45, 2.75) is 70.1 Å². The van der Waals surface area contributed by atoms with Gasteiger partial charge in [0.1, 0.15) is 11.9 Å². The maximum atomic E-state index is 13.1. The first-order valence-electron chi connectivity index (χ1n) is 10.8. The molecule has 2 saturated carbocycles. The number of benzene rings is 1. The molecule has 1 aromatic carbocycles. The molecule has 0 saturated heterocycles. The molecule has 0 aliphatic heterocycles. The van der Waals surface area contributed by atoms with E-state index in [1.807, 2.05) is 12.1 Å². The SMILES string of the molecule is N#CC(F)=CC=CC1CCC(CCC2CCC(c3ccc(F)cc3)CC2)CC1. The van der Waals surface area contributed by atoms with E-state index < -0.39 is 5.83 Å². The van der Waals surface area contributed by atoms with E-state index >= 15 is 0 Å². The van der Waals surface area contributed by atoms with Gasteiger partial charge in [-0.15, -0.1) is 0 Å². The highest BCUT2D eigenvalue weighted by Crippen LogP contribution is 2.39. The van der Waals surface area contributed by atoms with Crippen LogP contribution in [0.15, 0.2) is 48.3 Å². The second-order valence-electron chi connectivity index (χ2n) is 8.64. The first-order valence-corrected chi connectivity index (χ1v) is 10.8. The van der Waals surface area contributed by atoms with Gasteiger partial charge in [-0.2, -0.15) is 9.65 Å². The third-order valence-electron chi connectivity index (χ3n) is 6.80. The summed E-state index contributed by atoms with van der Waals surface area (Å²) >= 11 is 0. The molecule has 1 aromatic rings. The molecule has 2 aliphatic rings. The van der Waals surface area contributed by atoms with Crippen molar-refractivity contribution in [3.05, 3.63) is 59.7 Å². The summed E-state index contributed by atoms with van der Waals surface area (Å²) in [5, 5.41) is 8.41. The topological polar surface area (TPSA) is 23.8 Å². The Morgan fingerprint density at radius 1 is 0.929 bits per heavy atom. The van der Waals surface area contributed by atoms with Crippen LogP contribution in [-0.2, 0) is 0 Å². The normalized spacial score (nSPS) is 29.0. The monoisotopic (exact) mass is 383 g/mol. The molecular formula is C25H31F2N. The van der Waals surface area contributed by atoms with Crippen LogP contribution in [0.4, 0.5) is 8.78 Å². The Balaban J connectivity index is 1.33. The minimum Gasteiger partial charge on any atom is -0.207 e. The summed E-state index contributed by atoms with van der Waals surface area (Å²) < 4.78 is 25.9. The largest absolute Gasteiger partial charge is 0.207 e. The number of hydrogen-bond donors (Lipinski definition) is 0. The van der Waals surface area contributed by atoms with E-state index in [2.05, 4.69) is 6.08 Å². The molecule has 150 valence electrons. The van der Waals surface area contributed by atoms with Gasteiger partial charge in [-0.1, -0.05) is 37.1 Å². The number of nitrogens with zero attached hydrogens (tertiary/aromatic N) is 1. The zero-order valence-corrected chi connectivity index (χ0v) is 16.6. The second kappa shape index (κ2) is 10.6. The van der Waals surface area contributed by atoms with Gasteiger partial charge < -0.3 is 0 Å². The van der Waals surface area contributed by atoms with Crippen LogP contribution in [0.3, 0.4) is 0 Å². The van der Waals surface area contributed by atoms with Crippen LogP contribution < -0.4 is 0 Å². The van der Waals surface area contributed by atoms with E-state index in [9.17, 15) is 8.78 Å². The Hall–Kier alpha value is -1.95. The molecule has 0 amide bonds. The lowest BCUT2D eigenvalue weighted by atomic mass is 9.74. The Morgan fingerprint density at radius 3 is 2.07 bits per heavy atom. The molecule has 0 bridgehead atoms. The van der Waals surface area contributed by atoms with Gasteiger partial charge in [0.05, 0.1) is 0 Å². The van der Waals surface area contributed by atoms with Crippen molar-refractivity contribution in [3.8, 4) is 6.07 Å². The Bertz CT molecular complexity index is 697. The minimum absolute atomic E-state index is 0.145. The van der Waals surface area contributed by atoms with Gasteiger partial charge in [0.25, 0.3) is 0 Å². The Morgan fingerprint density at radius 2 is 1.50 bits per heavy atom. The van der Waals surface area contributed by atoms with Crippen LogP contribution in [0.25, 0.3) is 0 Å². The molecule has 1 nitrogen and oxygen atoms in total. The summed E-state index contributed by atoms with van der Waals surface area (Å²) in [6.07, 6.45) is 17.7. The zero-order valence-electron chi connectivity index (χ0n) is 16.6. The molecule has 28 heavy (non-hydrogen) atoms. The van der Waals surface area contributed by atoms with Crippen LogP contribution in [-0.4, -0.2) is 0 Å². The first kappa shape index (κ1) is 20.8. The van der Waals surface area contributed by atoms with E-state index in [4.69, 9.17) is 5.26 Å². The van der Waals surface area contributed by atoms with E-state index in [-0.39, 0.29) is 5.82 Å². The number of rotatable bonds is 6. The van der Waals surface area contributed by atoms with Crippen LogP contribution in [0.2, 0.25) is 0 Å². The fourth-order valence-electron chi connectivity index (χ4n) is 4.99. The van der Waals surface area contributed by atoms with E-state index in [1.54, 1.807) is 18.2 Å². The summed E-state index contributed by atoms with van der Waals surface area (Å²) in [6, 6.07) is 8.59. The van der Waals surface area contributed by atoms with E-state index in [0.29, 0.717) is 11.8 Å². The molecule has 0 aromatic heterocycles. The summed E-state index contributed by atoms with van der Waals surface area (Å²) in [5.41, 5.74) is 1.30. The smallest absolute Gasteiger partial charge is 0.199 e. The zero-order chi connectivity index (χ0) is 19.8. The molecule has 0 atom stereocenters. The van der Waals surface area contributed by atoms with Gasteiger partial charge in [0, 0.05) is 0 Å². The molecule has 0 N–H and O–H groups in total. The number of halogens is 2. The Labute approximate surface area is 168 Å². The molecule has 3 rings (SSSR count). The maximum absolute atomic E-state index is 13.1. The van der Waals surface area contributed by atoms with Crippen LogP contribution in [0.1, 0.15) is 75.7 Å². The third kappa shape index (κ3) is 6.30. The van der Waals surface area contributed by atoms with Crippen molar-refractivity contribution < 1.29 is 8.78 Å². The highest BCUT2D eigenvalue weighted by molar-refractivity contribution is 5.21. The van der Waals surface area contributed by atoms with Gasteiger partial charge in [0.2, 0.25) is 0 Å². The molecule has 0 heterocycles. The van der Waals surface area contributed by atoms with E-state index in [0.717, 1.165) is 11.8 Å². The van der Waals surface area contributed by atoms with Crippen molar-refractivity contribution >= 4 is 0 Å². The number of nitriles is 1. The highest BCUT2D eigenvalue weighted by atomic mass is 19.1. The second-order valence-corrected chi connectivity index (χ2v) is 8.64. The number of allylic oxidation sites excluding steroid dienone is 4. The standard InChI is InChI=1S/C25H31F2N/c26-24-16-14-23(15-17-24)22-12-10-21(11-13-22)9-8-20-6-4-19(5-7-20)2-1-3-25(27)18-28/h1-3,14-17,19-22H,4-13H2. The molecule has 2 aliphatic carbocycles. The molecule has 0 unspecified atom stereocenters. The van der Waals surface area contributed by atoms with Gasteiger partial charge in [-0.05, 0) is 98.8 Å². The van der Waals surface area contributed by atoms with Gasteiger partial charge in [-0.3, -0.25) is 0 Å². The lowest BCUT2D eigenvalue weighted by Gasteiger charge is -2.31. The molecule has 0 spiro atoms. The number of hydrogen-bond acceptors (Lipinski definition) is 1. The predicted molar refractivity (Wildman–Crippen MR) is 110 cm³/mol. The van der Waals surface area contributed by atoms with E-state index in [1.165, 1.54) is 81.9 Å². The highest BCUT2D eigenvalue weighted by Gasteiger charge is 2.24. The van der Waals surface area contributed by atoms with Crippen molar-refractivity contribution in [2.75, 3.05) is 0 Å². The quantitative estimate of drug-likeness (QED) is 0.366. The van der Waals surface area contributed by atoms with Crippen molar-refractivity contribution in [3.63, 3.8) is 0 Å². The lowest BCUT2D eigenvalue weighted by Crippen LogP contribution is -2.17. The van der Waals surface area contributed by atoms with Crippen LogP contribution >= 0.6 is 0 Å². The van der Waals surface area contributed by atoms with Gasteiger partial charge in [0.15, 0.2) is 5.83 Å². The summed E-state index contributed by atoms with van der Waals surface area (Å²) in [5.74, 6) is 1.97. The fraction of sp³-hybridized carbons (Fsp3) is 0.560. The van der Waals surface area contributed by atoms with Crippen molar-refractivity contribution in [2.24, 2.45) is 17.8 Å². The summed E-state index contributed by atoms with van der Waals surface area (Å²) in [6.45, 7) is 0. The lowest BCUT2D eigenvalue weighted by molar-refractivity contribution is 0.246. The fourth-order valence-corrected chi connectivity index (χ4v) is 4.99. The average Bonchev–Trinajstić information content (AvgIpc) is 2.74. The molecule has 0 radical (unpaired) electrons. The maximum Gasteiger partial charge on any atom is 0.199 e. The Kier molecular flexibility index (Phi) is 7.83. The van der Waals surface area contributed by atoms with Crippen molar-refractivity contribution in [1.82, 2.24) is 0 Å². The molecular weight excluding hydrogens is 352 g/mol. The van der Waals surface area contributed by atoms with Gasteiger partial charge in [-0.25, -0.2) is 4.39 Å². The molecule has 2 fully saturated rings. The van der Waals surface area contributed by atoms with Crippen molar-refractivity contribution in [1.29, 1.82) is 5.26 Å². The van der Waals surface area contributed by atoms with Crippen LogP contribution in [0, 0.1) is 34.9 Å². The summed E-state index contributed by atoms with van der Waals surface area (Å²) in [7, 11) is 0.